The number of hydrogen-bond donors (Lipinski definition) is 1. The molecule has 0 unspecified atom stereocenters. The zero-order chi connectivity index (χ0) is 12.3. The van der Waals surface area contributed by atoms with Crippen LogP contribution >= 0.6 is 15.9 Å². The molecule has 0 amide bonds. The highest BCUT2D eigenvalue weighted by Crippen LogP contribution is 2.21. The lowest BCUT2D eigenvalue weighted by atomic mass is 10.1. The van der Waals surface area contributed by atoms with Crippen molar-refractivity contribution in [1.82, 2.24) is 0 Å². The predicted octanol–water partition coefficient (Wildman–Crippen LogP) is 2.80. The summed E-state index contributed by atoms with van der Waals surface area (Å²) in [6.45, 7) is 0. The molecule has 1 aromatic rings. The molecule has 0 bridgehead atoms. The summed E-state index contributed by atoms with van der Waals surface area (Å²) in [5.74, 6) is -3.69. The first-order valence-electron chi connectivity index (χ1n) is 4.09. The van der Waals surface area contributed by atoms with Crippen molar-refractivity contribution in [1.29, 1.82) is 0 Å². The Morgan fingerprint density at radius 1 is 1.44 bits per heavy atom. The molecule has 0 aliphatic heterocycles. The minimum atomic E-state index is -1.40. The molecule has 1 aromatic carbocycles. The minimum Gasteiger partial charge on any atom is -0.490 e. The van der Waals surface area contributed by atoms with E-state index in [4.69, 9.17) is 5.11 Å². The fourth-order valence-corrected chi connectivity index (χ4v) is 1.43. The van der Waals surface area contributed by atoms with Gasteiger partial charge in [-0.2, -0.15) is 0 Å². The molecule has 0 spiro atoms. The fourth-order valence-electron chi connectivity index (χ4n) is 1.03. The Kier molecular flexibility index (Phi) is 4.00. The molecular formula is C10H7BrF2O3. The SMILES string of the molecule is COC(=Cc1c(F)cc(Br)cc1F)C(=O)O. The van der Waals surface area contributed by atoms with Gasteiger partial charge in [0.1, 0.15) is 11.6 Å². The topological polar surface area (TPSA) is 46.5 Å². The summed E-state index contributed by atoms with van der Waals surface area (Å²) in [7, 11) is 1.11. The summed E-state index contributed by atoms with van der Waals surface area (Å²) >= 11 is 2.91. The lowest BCUT2D eigenvalue weighted by Gasteiger charge is -2.03. The van der Waals surface area contributed by atoms with Gasteiger partial charge < -0.3 is 9.84 Å². The molecule has 0 saturated heterocycles. The van der Waals surface area contributed by atoms with E-state index in [2.05, 4.69) is 20.7 Å². The number of hydrogen-bond acceptors (Lipinski definition) is 2. The van der Waals surface area contributed by atoms with Crippen LogP contribution in [-0.4, -0.2) is 18.2 Å². The standard InChI is InChI=1S/C10H7BrF2O3/c1-16-9(10(14)15)4-6-7(12)2-5(11)3-8(6)13/h2-4H,1H3,(H,14,15). The van der Waals surface area contributed by atoms with Crippen LogP contribution in [0, 0.1) is 11.6 Å². The first kappa shape index (κ1) is 12.6. The van der Waals surface area contributed by atoms with Crippen LogP contribution in [0.2, 0.25) is 0 Å². The Hall–Kier alpha value is -1.43. The first-order valence-corrected chi connectivity index (χ1v) is 4.88. The average Bonchev–Trinajstić information content (AvgIpc) is 2.15. The third-order valence-corrected chi connectivity index (χ3v) is 2.21. The van der Waals surface area contributed by atoms with Gasteiger partial charge in [-0.25, -0.2) is 13.6 Å². The van der Waals surface area contributed by atoms with Crippen LogP contribution in [0.1, 0.15) is 5.56 Å². The molecule has 0 aliphatic rings. The maximum absolute atomic E-state index is 13.3. The fraction of sp³-hybridized carbons (Fsp3) is 0.100. The van der Waals surface area contributed by atoms with Crippen LogP contribution in [0.5, 0.6) is 0 Å². The number of rotatable bonds is 3. The lowest BCUT2D eigenvalue weighted by Crippen LogP contribution is -2.03. The Balaban J connectivity index is 3.29. The van der Waals surface area contributed by atoms with Crippen LogP contribution in [0.4, 0.5) is 8.78 Å². The van der Waals surface area contributed by atoms with Gasteiger partial charge in [0, 0.05) is 10.5 Å². The predicted molar refractivity (Wildman–Crippen MR) is 56.7 cm³/mol. The van der Waals surface area contributed by atoms with Crippen molar-refractivity contribution in [3.63, 3.8) is 0 Å². The molecular weight excluding hydrogens is 286 g/mol. The molecule has 0 atom stereocenters. The molecule has 86 valence electrons. The van der Waals surface area contributed by atoms with Crippen LogP contribution in [0.3, 0.4) is 0 Å². The quantitative estimate of drug-likeness (QED) is 0.688. The molecule has 0 aliphatic carbocycles. The number of methoxy groups -OCH3 is 1. The van der Waals surface area contributed by atoms with E-state index in [9.17, 15) is 13.6 Å². The highest BCUT2D eigenvalue weighted by atomic mass is 79.9. The van der Waals surface area contributed by atoms with Crippen molar-refractivity contribution < 1.29 is 23.4 Å². The van der Waals surface area contributed by atoms with Gasteiger partial charge in [0.2, 0.25) is 5.76 Å². The van der Waals surface area contributed by atoms with E-state index in [-0.39, 0.29) is 4.47 Å². The normalized spacial score (nSPS) is 11.4. The third-order valence-electron chi connectivity index (χ3n) is 1.75. The Morgan fingerprint density at radius 3 is 2.31 bits per heavy atom. The van der Waals surface area contributed by atoms with Crippen LogP contribution < -0.4 is 0 Å². The Labute approximate surface area is 98.5 Å². The van der Waals surface area contributed by atoms with Crippen molar-refractivity contribution in [2.75, 3.05) is 7.11 Å². The van der Waals surface area contributed by atoms with E-state index in [0.29, 0.717) is 0 Å². The van der Waals surface area contributed by atoms with E-state index < -0.39 is 28.9 Å². The van der Waals surface area contributed by atoms with Crippen molar-refractivity contribution >= 4 is 28.0 Å². The largest absolute Gasteiger partial charge is 0.490 e. The molecule has 0 radical (unpaired) electrons. The summed E-state index contributed by atoms with van der Waals surface area (Å²) in [5, 5.41) is 8.62. The van der Waals surface area contributed by atoms with E-state index in [0.717, 1.165) is 25.3 Å². The lowest BCUT2D eigenvalue weighted by molar-refractivity contribution is -0.135. The van der Waals surface area contributed by atoms with Gasteiger partial charge in [-0.05, 0) is 12.1 Å². The van der Waals surface area contributed by atoms with Crippen LogP contribution in [0.15, 0.2) is 22.4 Å². The molecule has 0 heterocycles. The van der Waals surface area contributed by atoms with Gasteiger partial charge >= 0.3 is 5.97 Å². The van der Waals surface area contributed by atoms with Crippen LogP contribution in [0.25, 0.3) is 6.08 Å². The Bertz CT molecular complexity index is 434. The number of carbonyl (C=O) groups is 1. The molecule has 1 rings (SSSR count). The molecule has 0 aromatic heterocycles. The van der Waals surface area contributed by atoms with Crippen molar-refractivity contribution in [2.45, 2.75) is 0 Å². The second-order valence-corrected chi connectivity index (χ2v) is 3.72. The van der Waals surface area contributed by atoms with Crippen molar-refractivity contribution in [3.05, 3.63) is 39.6 Å². The third kappa shape index (κ3) is 2.79. The zero-order valence-corrected chi connectivity index (χ0v) is 9.72. The summed E-state index contributed by atoms with van der Waals surface area (Å²) < 4.78 is 31.3. The van der Waals surface area contributed by atoms with Gasteiger partial charge in [0.15, 0.2) is 0 Å². The highest BCUT2D eigenvalue weighted by molar-refractivity contribution is 9.10. The second-order valence-electron chi connectivity index (χ2n) is 2.80. The molecule has 3 nitrogen and oxygen atoms in total. The minimum absolute atomic E-state index is 0.231. The van der Waals surface area contributed by atoms with E-state index in [1.54, 1.807) is 0 Å². The first-order chi connectivity index (χ1) is 7.45. The number of benzene rings is 1. The monoisotopic (exact) mass is 292 g/mol. The summed E-state index contributed by atoms with van der Waals surface area (Å²) in [4.78, 5) is 10.6. The van der Waals surface area contributed by atoms with E-state index >= 15 is 0 Å². The molecule has 0 fully saturated rings. The van der Waals surface area contributed by atoms with Crippen molar-refractivity contribution in [3.8, 4) is 0 Å². The maximum Gasteiger partial charge on any atom is 0.371 e. The average molecular weight is 293 g/mol. The van der Waals surface area contributed by atoms with Gasteiger partial charge in [-0.1, -0.05) is 15.9 Å². The molecule has 0 saturated carbocycles. The highest BCUT2D eigenvalue weighted by Gasteiger charge is 2.13. The molecule has 16 heavy (non-hydrogen) atoms. The van der Waals surface area contributed by atoms with Crippen LogP contribution in [-0.2, 0) is 9.53 Å². The molecule has 6 heteroatoms. The number of ether oxygens (including phenoxy) is 1. The number of aliphatic carboxylic acids is 1. The Morgan fingerprint density at radius 2 is 1.94 bits per heavy atom. The summed E-state index contributed by atoms with van der Waals surface area (Å²) in [5.41, 5.74) is -0.456. The number of carboxylic acids is 1. The van der Waals surface area contributed by atoms with Gasteiger partial charge in [0.05, 0.1) is 12.7 Å². The van der Waals surface area contributed by atoms with Crippen molar-refractivity contribution in [2.24, 2.45) is 0 Å². The smallest absolute Gasteiger partial charge is 0.371 e. The molecule has 1 N–H and O–H groups in total. The van der Waals surface area contributed by atoms with Gasteiger partial charge in [0.25, 0.3) is 0 Å². The van der Waals surface area contributed by atoms with Gasteiger partial charge in [-0.15, -0.1) is 0 Å². The van der Waals surface area contributed by atoms with Gasteiger partial charge in [-0.3, -0.25) is 0 Å². The summed E-state index contributed by atoms with van der Waals surface area (Å²) in [6, 6.07) is 2.06. The maximum atomic E-state index is 13.3. The number of carboxylic acid groups (broad SMARTS) is 1. The number of halogens is 3. The summed E-state index contributed by atoms with van der Waals surface area (Å²) in [6.07, 6.45) is 0.791. The van der Waals surface area contributed by atoms with E-state index in [1.165, 1.54) is 0 Å². The zero-order valence-electron chi connectivity index (χ0n) is 8.13. The second kappa shape index (κ2) is 5.07. The van der Waals surface area contributed by atoms with E-state index in [1.807, 2.05) is 0 Å².